The Labute approximate surface area is 106 Å². The molecule has 2 aromatic rings. The fraction of sp³-hybridized carbons (Fsp3) is 0.308. The van der Waals surface area contributed by atoms with Gasteiger partial charge >= 0.3 is 0 Å². The summed E-state index contributed by atoms with van der Waals surface area (Å²) in [4.78, 5) is 20.1. The number of nitrogens with zero attached hydrogens (tertiary/aromatic N) is 3. The summed E-state index contributed by atoms with van der Waals surface area (Å²) in [6.45, 7) is 5.13. The molecule has 0 bridgehead atoms. The number of hydrogen-bond acceptors (Lipinski definition) is 4. The Morgan fingerprint density at radius 2 is 2.22 bits per heavy atom. The number of hydrogen-bond donors (Lipinski definition) is 1. The molecule has 18 heavy (non-hydrogen) atoms. The van der Waals surface area contributed by atoms with E-state index in [1.807, 2.05) is 19.9 Å². The van der Waals surface area contributed by atoms with E-state index < -0.39 is 0 Å². The van der Waals surface area contributed by atoms with Gasteiger partial charge in [-0.05, 0) is 31.0 Å². The van der Waals surface area contributed by atoms with Crippen LogP contribution in [0.1, 0.15) is 18.1 Å². The minimum absolute atomic E-state index is 0.0958. The molecule has 0 atom stereocenters. The summed E-state index contributed by atoms with van der Waals surface area (Å²) in [5, 5.41) is 3.06. The van der Waals surface area contributed by atoms with Gasteiger partial charge in [-0.25, -0.2) is 4.98 Å². The molecule has 0 fully saturated rings. The van der Waals surface area contributed by atoms with Gasteiger partial charge in [-0.3, -0.25) is 9.78 Å². The Bertz CT molecular complexity index is 592. The Kier molecular flexibility index (Phi) is 3.72. The zero-order valence-corrected chi connectivity index (χ0v) is 10.6. The van der Waals surface area contributed by atoms with Gasteiger partial charge in [0, 0.05) is 37.9 Å². The SMILES string of the molecule is CCn1ccnc(NCc2cnccc2C)c1=O. The molecule has 2 aromatic heterocycles. The number of pyridine rings is 1. The molecular weight excluding hydrogens is 228 g/mol. The van der Waals surface area contributed by atoms with Crippen LogP contribution in [0.2, 0.25) is 0 Å². The molecule has 0 aliphatic carbocycles. The van der Waals surface area contributed by atoms with Crippen LogP contribution >= 0.6 is 0 Å². The average Bonchev–Trinajstić information content (AvgIpc) is 2.39. The third-order valence-corrected chi connectivity index (χ3v) is 2.85. The maximum atomic E-state index is 11.9. The first-order chi connectivity index (χ1) is 8.72. The van der Waals surface area contributed by atoms with Gasteiger partial charge in [-0.15, -0.1) is 0 Å². The Morgan fingerprint density at radius 1 is 1.39 bits per heavy atom. The molecule has 0 saturated carbocycles. The van der Waals surface area contributed by atoms with Gasteiger partial charge in [-0.1, -0.05) is 0 Å². The minimum atomic E-state index is -0.0958. The molecule has 94 valence electrons. The molecule has 0 aromatic carbocycles. The molecule has 0 radical (unpaired) electrons. The van der Waals surface area contributed by atoms with Crippen LogP contribution in [0, 0.1) is 6.92 Å². The molecule has 0 unspecified atom stereocenters. The second-order valence-electron chi connectivity index (χ2n) is 4.02. The van der Waals surface area contributed by atoms with Gasteiger partial charge < -0.3 is 9.88 Å². The zero-order valence-electron chi connectivity index (χ0n) is 10.6. The topological polar surface area (TPSA) is 59.8 Å². The fourth-order valence-electron chi connectivity index (χ4n) is 1.68. The maximum absolute atomic E-state index is 11.9. The summed E-state index contributed by atoms with van der Waals surface area (Å²) in [5.74, 6) is 0.377. The molecule has 0 saturated heterocycles. The first kappa shape index (κ1) is 12.3. The lowest BCUT2D eigenvalue weighted by Crippen LogP contribution is -2.23. The number of aromatic nitrogens is 3. The summed E-state index contributed by atoms with van der Waals surface area (Å²) >= 11 is 0. The van der Waals surface area contributed by atoms with E-state index in [0.717, 1.165) is 11.1 Å². The van der Waals surface area contributed by atoms with Gasteiger partial charge in [0.05, 0.1) is 0 Å². The number of nitrogens with one attached hydrogen (secondary N) is 1. The van der Waals surface area contributed by atoms with Gasteiger partial charge in [-0.2, -0.15) is 0 Å². The normalized spacial score (nSPS) is 10.3. The minimum Gasteiger partial charge on any atom is -0.361 e. The molecule has 5 heteroatoms. The van der Waals surface area contributed by atoms with Crippen molar-refractivity contribution in [1.82, 2.24) is 14.5 Å². The second kappa shape index (κ2) is 5.44. The monoisotopic (exact) mass is 244 g/mol. The van der Waals surface area contributed by atoms with Crippen LogP contribution in [0.3, 0.4) is 0 Å². The zero-order chi connectivity index (χ0) is 13.0. The van der Waals surface area contributed by atoms with Crippen LogP contribution in [0.4, 0.5) is 5.82 Å². The second-order valence-corrected chi connectivity index (χ2v) is 4.02. The van der Waals surface area contributed by atoms with Crippen molar-refractivity contribution in [2.24, 2.45) is 0 Å². The van der Waals surface area contributed by atoms with Crippen LogP contribution in [0.5, 0.6) is 0 Å². The van der Waals surface area contributed by atoms with E-state index in [9.17, 15) is 4.79 Å². The molecule has 2 rings (SSSR count). The van der Waals surface area contributed by atoms with Crippen molar-refractivity contribution in [3.05, 3.63) is 52.3 Å². The molecule has 0 amide bonds. The van der Waals surface area contributed by atoms with Crippen molar-refractivity contribution in [1.29, 1.82) is 0 Å². The maximum Gasteiger partial charge on any atom is 0.293 e. The highest BCUT2D eigenvalue weighted by Gasteiger charge is 2.04. The molecule has 5 nitrogen and oxygen atoms in total. The highest BCUT2D eigenvalue weighted by molar-refractivity contribution is 5.34. The van der Waals surface area contributed by atoms with Crippen LogP contribution in [0.25, 0.3) is 0 Å². The summed E-state index contributed by atoms with van der Waals surface area (Å²) in [6, 6.07) is 1.94. The summed E-state index contributed by atoms with van der Waals surface area (Å²) in [6.07, 6.45) is 6.86. The highest BCUT2D eigenvalue weighted by Crippen LogP contribution is 2.06. The molecule has 0 aliphatic heterocycles. The van der Waals surface area contributed by atoms with E-state index in [1.165, 1.54) is 0 Å². The van der Waals surface area contributed by atoms with Crippen molar-refractivity contribution in [3.8, 4) is 0 Å². The van der Waals surface area contributed by atoms with Crippen LogP contribution in [0.15, 0.2) is 35.6 Å². The number of aryl methyl sites for hydroxylation is 2. The quantitative estimate of drug-likeness (QED) is 0.887. The number of anilines is 1. The molecule has 0 aliphatic rings. The number of rotatable bonds is 4. The van der Waals surface area contributed by atoms with Crippen LogP contribution < -0.4 is 10.9 Å². The predicted octanol–water partition coefficient (Wildman–Crippen LogP) is 1.58. The summed E-state index contributed by atoms with van der Waals surface area (Å²) < 4.78 is 1.62. The average molecular weight is 244 g/mol. The van der Waals surface area contributed by atoms with Crippen molar-refractivity contribution in [3.63, 3.8) is 0 Å². The van der Waals surface area contributed by atoms with E-state index in [0.29, 0.717) is 18.9 Å². The lowest BCUT2D eigenvalue weighted by molar-refractivity contribution is 0.718. The first-order valence-electron chi connectivity index (χ1n) is 5.91. The van der Waals surface area contributed by atoms with Crippen LogP contribution in [-0.4, -0.2) is 14.5 Å². The molecule has 1 N–H and O–H groups in total. The third-order valence-electron chi connectivity index (χ3n) is 2.85. The Morgan fingerprint density at radius 3 is 2.94 bits per heavy atom. The molecule has 2 heterocycles. The van der Waals surface area contributed by atoms with Gasteiger partial charge in [0.2, 0.25) is 0 Å². The van der Waals surface area contributed by atoms with E-state index in [1.54, 1.807) is 29.4 Å². The lowest BCUT2D eigenvalue weighted by Gasteiger charge is -2.08. The predicted molar refractivity (Wildman–Crippen MR) is 70.5 cm³/mol. The van der Waals surface area contributed by atoms with E-state index in [2.05, 4.69) is 15.3 Å². The van der Waals surface area contributed by atoms with E-state index >= 15 is 0 Å². The largest absolute Gasteiger partial charge is 0.361 e. The van der Waals surface area contributed by atoms with Gasteiger partial charge in [0.15, 0.2) is 5.82 Å². The Hall–Kier alpha value is -2.17. The van der Waals surface area contributed by atoms with Crippen LogP contribution in [-0.2, 0) is 13.1 Å². The van der Waals surface area contributed by atoms with Crippen molar-refractivity contribution in [2.45, 2.75) is 26.9 Å². The smallest absolute Gasteiger partial charge is 0.293 e. The van der Waals surface area contributed by atoms with Gasteiger partial charge in [0.1, 0.15) is 0 Å². The summed E-state index contributed by atoms with van der Waals surface area (Å²) in [7, 11) is 0. The highest BCUT2D eigenvalue weighted by atomic mass is 16.1. The van der Waals surface area contributed by atoms with Crippen molar-refractivity contribution < 1.29 is 0 Å². The third kappa shape index (κ3) is 2.56. The van der Waals surface area contributed by atoms with Crippen molar-refractivity contribution >= 4 is 5.82 Å². The van der Waals surface area contributed by atoms with E-state index in [-0.39, 0.29) is 5.56 Å². The molecule has 0 spiro atoms. The Balaban J connectivity index is 2.16. The summed E-state index contributed by atoms with van der Waals surface area (Å²) in [5.41, 5.74) is 2.11. The lowest BCUT2D eigenvalue weighted by atomic mass is 10.1. The van der Waals surface area contributed by atoms with Crippen molar-refractivity contribution in [2.75, 3.05) is 5.32 Å². The van der Waals surface area contributed by atoms with E-state index in [4.69, 9.17) is 0 Å². The standard InChI is InChI=1S/C13H16N4O/c1-3-17-7-6-15-12(13(17)18)16-9-11-8-14-5-4-10(11)2/h4-8H,3,9H2,1-2H3,(H,15,16). The fourth-order valence-corrected chi connectivity index (χ4v) is 1.68. The first-order valence-corrected chi connectivity index (χ1v) is 5.91. The molecular formula is C13H16N4O. The van der Waals surface area contributed by atoms with Gasteiger partial charge in [0.25, 0.3) is 5.56 Å².